The summed E-state index contributed by atoms with van der Waals surface area (Å²) in [6.45, 7) is 1.08. The number of allylic oxidation sites excluding steroid dienone is 1. The number of carbonyl (C=O) groups is 1. The maximum atomic E-state index is 10.4. The van der Waals surface area contributed by atoms with Gasteiger partial charge >= 0.3 is 0 Å². The third-order valence-corrected chi connectivity index (χ3v) is 4.13. The summed E-state index contributed by atoms with van der Waals surface area (Å²) in [5, 5.41) is 19.6. The van der Waals surface area contributed by atoms with Crippen molar-refractivity contribution < 1.29 is 19.7 Å². The van der Waals surface area contributed by atoms with E-state index in [-0.39, 0.29) is 5.76 Å². The molecule has 24 heavy (non-hydrogen) atoms. The molecule has 2 aromatic carbocycles. The first kappa shape index (κ1) is 17.7. The van der Waals surface area contributed by atoms with Crippen molar-refractivity contribution in [1.82, 2.24) is 0 Å². The molecular weight excluding hydrogens is 324 g/mol. The van der Waals surface area contributed by atoms with Gasteiger partial charge < -0.3 is 14.9 Å². The molecule has 3 rings (SSSR count). The van der Waals surface area contributed by atoms with Crippen molar-refractivity contribution in [3.63, 3.8) is 0 Å². The number of aliphatic hydroxyl groups excluding tert-OH is 1. The van der Waals surface area contributed by atoms with E-state index in [0.29, 0.717) is 5.76 Å². The van der Waals surface area contributed by atoms with Crippen LogP contribution in [0.2, 0.25) is 0 Å². The van der Waals surface area contributed by atoms with E-state index in [1.54, 1.807) is 12.5 Å². The summed E-state index contributed by atoms with van der Waals surface area (Å²) in [6, 6.07) is 17.8. The van der Waals surface area contributed by atoms with E-state index in [4.69, 9.17) is 14.6 Å². The fourth-order valence-corrected chi connectivity index (χ4v) is 3.08. The lowest BCUT2D eigenvalue weighted by Gasteiger charge is -2.14. The average Bonchev–Trinajstić information content (AvgIpc) is 2.72. The molecule has 0 atom stereocenters. The lowest BCUT2D eigenvalue weighted by atomic mass is 9.99. The Bertz CT molecular complexity index is 775. The highest BCUT2D eigenvalue weighted by atomic mass is 32.2. The number of aliphatic carboxylic acids is 1. The summed E-state index contributed by atoms with van der Waals surface area (Å²) < 4.78 is 5.60. The normalized spacial score (nSPS) is 13.0. The molecule has 1 aliphatic heterocycles. The molecule has 0 unspecified atom stereocenters. The van der Waals surface area contributed by atoms with Crippen molar-refractivity contribution in [2.24, 2.45) is 0 Å². The van der Waals surface area contributed by atoms with Crippen LogP contribution in [0.3, 0.4) is 0 Å². The number of hydrogen-bond acceptors (Lipinski definition) is 4. The predicted octanol–water partition coefficient (Wildman–Crippen LogP) is 4.80. The SMILES string of the molecule is CC(=O)O.COC1=C(c2ccccc2)C(O)=CSc2ccccc21. The van der Waals surface area contributed by atoms with Crippen molar-refractivity contribution in [1.29, 1.82) is 0 Å². The van der Waals surface area contributed by atoms with Crippen LogP contribution in [0.5, 0.6) is 0 Å². The Hall–Kier alpha value is -2.66. The Morgan fingerprint density at radius 1 is 1.04 bits per heavy atom. The van der Waals surface area contributed by atoms with Gasteiger partial charge in [0.25, 0.3) is 5.97 Å². The molecule has 0 aliphatic carbocycles. The zero-order valence-corrected chi connectivity index (χ0v) is 14.2. The number of benzene rings is 2. The smallest absolute Gasteiger partial charge is 0.300 e. The number of thioether (sulfide) groups is 1. The van der Waals surface area contributed by atoms with Crippen LogP contribution >= 0.6 is 11.8 Å². The molecule has 0 bridgehead atoms. The third kappa shape index (κ3) is 4.20. The van der Waals surface area contributed by atoms with Gasteiger partial charge in [0.2, 0.25) is 0 Å². The zero-order chi connectivity index (χ0) is 17.5. The molecule has 0 radical (unpaired) electrons. The van der Waals surface area contributed by atoms with Crippen LogP contribution in [0.25, 0.3) is 11.3 Å². The monoisotopic (exact) mass is 342 g/mol. The van der Waals surface area contributed by atoms with Gasteiger partial charge in [-0.3, -0.25) is 4.79 Å². The van der Waals surface area contributed by atoms with Gasteiger partial charge in [0.1, 0.15) is 11.5 Å². The zero-order valence-electron chi connectivity index (χ0n) is 13.4. The average molecular weight is 342 g/mol. The highest BCUT2D eigenvalue weighted by Crippen LogP contribution is 2.40. The second-order valence-corrected chi connectivity index (χ2v) is 5.82. The number of hydrogen-bond donors (Lipinski definition) is 2. The van der Waals surface area contributed by atoms with Crippen molar-refractivity contribution in [3.8, 4) is 0 Å². The minimum Gasteiger partial charge on any atom is -0.507 e. The fourth-order valence-electron chi connectivity index (χ4n) is 2.28. The quantitative estimate of drug-likeness (QED) is 0.821. The summed E-state index contributed by atoms with van der Waals surface area (Å²) >= 11 is 1.50. The number of carboxylic acid groups (broad SMARTS) is 1. The second kappa shape index (κ2) is 8.26. The van der Waals surface area contributed by atoms with Gasteiger partial charge in [-0.2, -0.15) is 0 Å². The first-order chi connectivity index (χ1) is 11.5. The van der Waals surface area contributed by atoms with Gasteiger partial charge in [0.05, 0.1) is 12.7 Å². The molecule has 124 valence electrons. The molecule has 1 heterocycles. The Kier molecular flexibility index (Phi) is 6.09. The highest BCUT2D eigenvalue weighted by Gasteiger charge is 2.21. The molecule has 0 saturated heterocycles. The summed E-state index contributed by atoms with van der Waals surface area (Å²) in [7, 11) is 1.64. The summed E-state index contributed by atoms with van der Waals surface area (Å²) in [4.78, 5) is 10.1. The van der Waals surface area contributed by atoms with E-state index in [1.807, 2.05) is 54.6 Å². The van der Waals surface area contributed by atoms with E-state index in [0.717, 1.165) is 28.5 Å². The van der Waals surface area contributed by atoms with Gasteiger partial charge in [-0.15, -0.1) is 0 Å². The molecular formula is C19H18O4S. The number of carboxylic acids is 1. The summed E-state index contributed by atoms with van der Waals surface area (Å²) in [5.41, 5.74) is 2.67. The van der Waals surface area contributed by atoms with Crippen molar-refractivity contribution >= 4 is 29.1 Å². The van der Waals surface area contributed by atoms with Crippen molar-refractivity contribution in [3.05, 3.63) is 76.9 Å². The number of rotatable bonds is 2. The molecule has 0 saturated carbocycles. The van der Waals surface area contributed by atoms with Crippen LogP contribution in [-0.2, 0) is 9.53 Å². The van der Waals surface area contributed by atoms with Crippen LogP contribution in [-0.4, -0.2) is 23.3 Å². The number of fused-ring (bicyclic) bond motifs is 1. The largest absolute Gasteiger partial charge is 0.507 e. The minimum absolute atomic E-state index is 0.231. The van der Waals surface area contributed by atoms with Crippen molar-refractivity contribution in [2.75, 3.05) is 7.11 Å². The van der Waals surface area contributed by atoms with Crippen LogP contribution in [0.4, 0.5) is 0 Å². The van der Waals surface area contributed by atoms with Gasteiger partial charge in [-0.25, -0.2) is 0 Å². The summed E-state index contributed by atoms with van der Waals surface area (Å²) in [5.74, 6) is 0.0970. The van der Waals surface area contributed by atoms with E-state index >= 15 is 0 Å². The maximum Gasteiger partial charge on any atom is 0.300 e. The van der Waals surface area contributed by atoms with Gasteiger partial charge in [-0.1, -0.05) is 60.3 Å². The minimum atomic E-state index is -0.833. The molecule has 5 heteroatoms. The molecule has 0 amide bonds. The fraction of sp³-hybridized carbons (Fsp3) is 0.105. The number of aliphatic hydroxyl groups is 1. The van der Waals surface area contributed by atoms with E-state index in [1.165, 1.54) is 11.8 Å². The topological polar surface area (TPSA) is 66.8 Å². The number of ether oxygens (including phenoxy) is 1. The first-order valence-corrected chi connectivity index (χ1v) is 8.11. The van der Waals surface area contributed by atoms with Crippen molar-refractivity contribution in [2.45, 2.75) is 11.8 Å². The van der Waals surface area contributed by atoms with Crippen LogP contribution in [0.1, 0.15) is 18.1 Å². The lowest BCUT2D eigenvalue weighted by molar-refractivity contribution is -0.134. The van der Waals surface area contributed by atoms with Crippen LogP contribution in [0.15, 0.2) is 70.7 Å². The maximum absolute atomic E-state index is 10.4. The standard InChI is InChI=1S/C17H14O2S.C2H4O2/c1-19-17-13-9-5-6-10-15(13)20-11-14(18)16(17)12-7-3-2-4-8-12;1-2(3)4/h2-11,18H,1H3;1H3,(H,3,4). The van der Waals surface area contributed by atoms with E-state index in [9.17, 15) is 5.11 Å². The second-order valence-electron chi connectivity index (χ2n) is 4.91. The predicted molar refractivity (Wildman–Crippen MR) is 96.6 cm³/mol. The van der Waals surface area contributed by atoms with E-state index in [2.05, 4.69) is 0 Å². The molecule has 0 spiro atoms. The molecule has 2 N–H and O–H groups in total. The number of methoxy groups -OCH3 is 1. The lowest BCUT2D eigenvalue weighted by Crippen LogP contribution is -1.97. The van der Waals surface area contributed by atoms with Crippen LogP contribution < -0.4 is 0 Å². The Morgan fingerprint density at radius 3 is 2.25 bits per heavy atom. The van der Waals surface area contributed by atoms with Crippen LogP contribution in [0, 0.1) is 0 Å². The third-order valence-electron chi connectivity index (χ3n) is 3.18. The molecule has 4 nitrogen and oxygen atoms in total. The summed E-state index contributed by atoms with van der Waals surface area (Å²) in [6.07, 6.45) is 0. The highest BCUT2D eigenvalue weighted by molar-refractivity contribution is 8.02. The Labute approximate surface area is 145 Å². The Balaban J connectivity index is 0.000000471. The van der Waals surface area contributed by atoms with Gasteiger partial charge in [0.15, 0.2) is 0 Å². The van der Waals surface area contributed by atoms with E-state index < -0.39 is 5.97 Å². The van der Waals surface area contributed by atoms with Gasteiger partial charge in [-0.05, 0) is 11.6 Å². The van der Waals surface area contributed by atoms with Gasteiger partial charge in [0, 0.05) is 22.8 Å². The first-order valence-electron chi connectivity index (χ1n) is 7.23. The Morgan fingerprint density at radius 2 is 1.62 bits per heavy atom. The molecule has 2 aromatic rings. The molecule has 0 aromatic heterocycles. The molecule has 0 fully saturated rings. The molecule has 1 aliphatic rings.